The van der Waals surface area contributed by atoms with Gasteiger partial charge in [-0.15, -0.1) is 0 Å². The van der Waals surface area contributed by atoms with Gasteiger partial charge in [0.2, 0.25) is 0 Å². The Labute approximate surface area is 359 Å². The summed E-state index contributed by atoms with van der Waals surface area (Å²) in [4.78, 5) is 49.4. The van der Waals surface area contributed by atoms with Gasteiger partial charge in [0.25, 0.3) is 0 Å². The van der Waals surface area contributed by atoms with E-state index >= 15 is 0 Å². The van der Waals surface area contributed by atoms with Gasteiger partial charge in [0.1, 0.15) is 0 Å². The summed E-state index contributed by atoms with van der Waals surface area (Å²) in [5.41, 5.74) is 0. The zero-order valence-electron chi connectivity index (χ0n) is 37.5. The van der Waals surface area contributed by atoms with Gasteiger partial charge in [0.15, 0.2) is 0 Å². The van der Waals surface area contributed by atoms with E-state index in [1.54, 1.807) is 0 Å². The van der Waals surface area contributed by atoms with Crippen molar-refractivity contribution in [3.8, 4) is 0 Å². The van der Waals surface area contributed by atoms with Crippen molar-refractivity contribution >= 4 is 39.8 Å². The molecule has 0 aliphatic rings. The average Bonchev–Trinajstić information content (AvgIpc) is 3.21. The van der Waals surface area contributed by atoms with Gasteiger partial charge >= 0.3 is 23.9 Å². The highest BCUT2D eigenvalue weighted by Crippen LogP contribution is 2.21. The van der Waals surface area contributed by atoms with Gasteiger partial charge in [-0.25, -0.2) is 0 Å². The number of hydrogen-bond donors (Lipinski definition) is 0. The summed E-state index contributed by atoms with van der Waals surface area (Å²) < 4.78 is 22.3. The highest BCUT2D eigenvalue weighted by Gasteiger charge is 2.16. The molecule has 0 aromatic heterocycles. The minimum atomic E-state index is -0.246. The van der Waals surface area contributed by atoms with Crippen LogP contribution in [0.5, 0.6) is 0 Å². The number of carbonyl (C=O) groups excluding carboxylic acids is 4. The number of halogens is 1. The predicted molar refractivity (Wildman–Crippen MR) is 239 cm³/mol. The summed E-state index contributed by atoms with van der Waals surface area (Å²) in [6, 6.07) is 0. The van der Waals surface area contributed by atoms with E-state index in [-0.39, 0.29) is 43.0 Å². The molecule has 0 aromatic carbocycles. The van der Waals surface area contributed by atoms with Crippen molar-refractivity contribution in [3.63, 3.8) is 0 Å². The Kier molecular flexibility index (Phi) is 41.3. The summed E-state index contributed by atoms with van der Waals surface area (Å²) in [5.74, 6) is 0.166. The second kappa shape index (κ2) is 42.5. The van der Waals surface area contributed by atoms with Crippen molar-refractivity contribution in [2.75, 3.05) is 31.8 Å². The molecule has 0 saturated heterocycles. The fourth-order valence-corrected chi connectivity index (χ4v) is 7.49. The average molecular weight is 874 g/mol. The van der Waals surface area contributed by atoms with Crippen LogP contribution in [0.2, 0.25) is 0 Å². The normalized spacial score (nSPS) is 11.4. The molecule has 0 aromatic rings. The van der Waals surface area contributed by atoms with Crippen LogP contribution >= 0.6 is 15.9 Å². The van der Waals surface area contributed by atoms with E-state index in [0.29, 0.717) is 56.1 Å². The molecule has 336 valence electrons. The maximum atomic E-state index is 12.4. The molecule has 0 heterocycles. The fourth-order valence-electron chi connectivity index (χ4n) is 7.11. The van der Waals surface area contributed by atoms with Crippen LogP contribution in [0.1, 0.15) is 233 Å². The van der Waals surface area contributed by atoms with Crippen LogP contribution in [0.15, 0.2) is 0 Å². The van der Waals surface area contributed by atoms with Crippen LogP contribution in [0.4, 0.5) is 0 Å². The van der Waals surface area contributed by atoms with E-state index in [2.05, 4.69) is 43.6 Å². The van der Waals surface area contributed by atoms with E-state index in [0.717, 1.165) is 77.0 Å². The third-order valence-corrected chi connectivity index (χ3v) is 11.9. The van der Waals surface area contributed by atoms with Crippen LogP contribution < -0.4 is 0 Å². The van der Waals surface area contributed by atoms with Crippen LogP contribution in [-0.4, -0.2) is 55.6 Å². The summed E-state index contributed by atoms with van der Waals surface area (Å²) in [5, 5.41) is 0.566. The van der Waals surface area contributed by atoms with Crippen molar-refractivity contribution < 1.29 is 38.1 Å². The zero-order valence-corrected chi connectivity index (χ0v) is 39.1. The minimum absolute atomic E-state index is 0.1000. The molecule has 0 atom stereocenters. The maximum absolute atomic E-state index is 12.4. The summed E-state index contributed by atoms with van der Waals surface area (Å²) in [7, 11) is 0. The third-order valence-electron chi connectivity index (χ3n) is 11.0. The first-order valence-electron chi connectivity index (χ1n) is 24.0. The first-order chi connectivity index (χ1) is 27.8. The fraction of sp³-hybridized carbons (Fsp3) is 0.917. The molecule has 0 N–H and O–H groups in total. The molecule has 0 rings (SSSR count). The predicted octanol–water partition coefficient (Wildman–Crippen LogP) is 14.0. The van der Waals surface area contributed by atoms with Crippen molar-refractivity contribution in [1.29, 1.82) is 0 Å². The molecule has 0 aliphatic heterocycles. The summed E-state index contributed by atoms with van der Waals surface area (Å²) >= 11 is 3.45. The second-order valence-electron chi connectivity index (χ2n) is 16.7. The number of hydrogen-bond acceptors (Lipinski definition) is 8. The quantitative estimate of drug-likeness (QED) is 0.0258. The Balaban J connectivity index is 4.02. The van der Waals surface area contributed by atoms with E-state index in [1.807, 2.05) is 0 Å². The van der Waals surface area contributed by atoms with Gasteiger partial charge in [-0.2, -0.15) is 0 Å². The molecular weight excluding hydrogens is 784 g/mol. The molecule has 0 saturated carbocycles. The maximum Gasteiger partial charge on any atom is 0.305 e. The van der Waals surface area contributed by atoms with E-state index in [9.17, 15) is 19.2 Å². The Morgan fingerprint density at radius 2 is 0.561 bits per heavy atom. The van der Waals surface area contributed by atoms with Crippen molar-refractivity contribution in [2.45, 2.75) is 233 Å². The number of ether oxygens (including phenoxy) is 4. The Hall–Kier alpha value is -1.64. The molecule has 0 amide bonds. The van der Waals surface area contributed by atoms with E-state index in [1.165, 1.54) is 103 Å². The number of rotatable bonds is 43. The summed E-state index contributed by atoms with van der Waals surface area (Å²) in [6.45, 7) is 10.4. The monoisotopic (exact) mass is 873 g/mol. The van der Waals surface area contributed by atoms with Gasteiger partial charge < -0.3 is 18.9 Å². The smallest absolute Gasteiger partial charge is 0.305 e. The Morgan fingerprint density at radius 1 is 0.333 bits per heavy atom. The topological polar surface area (TPSA) is 105 Å². The molecule has 0 unspecified atom stereocenters. The third kappa shape index (κ3) is 38.3. The van der Waals surface area contributed by atoms with Gasteiger partial charge in [-0.1, -0.05) is 172 Å². The highest BCUT2D eigenvalue weighted by molar-refractivity contribution is 9.09. The van der Waals surface area contributed by atoms with Crippen LogP contribution in [0.3, 0.4) is 0 Å². The van der Waals surface area contributed by atoms with E-state index < -0.39 is 0 Å². The molecule has 9 heteroatoms. The number of unbranched alkanes of at least 4 members (excludes halogenated alkanes) is 18. The summed E-state index contributed by atoms with van der Waals surface area (Å²) in [6.07, 6.45) is 32.6. The molecule has 0 spiro atoms. The lowest BCUT2D eigenvalue weighted by molar-refractivity contribution is -0.149. The lowest BCUT2D eigenvalue weighted by Crippen LogP contribution is -2.22. The number of carbonyl (C=O) groups is 4. The van der Waals surface area contributed by atoms with Crippen LogP contribution in [0, 0.1) is 17.8 Å². The first kappa shape index (κ1) is 55.4. The van der Waals surface area contributed by atoms with Gasteiger partial charge in [0.05, 0.1) is 26.4 Å². The first-order valence-corrected chi connectivity index (χ1v) is 25.1. The molecule has 57 heavy (non-hydrogen) atoms. The lowest BCUT2D eigenvalue weighted by atomic mass is 9.95. The Morgan fingerprint density at radius 3 is 0.789 bits per heavy atom. The van der Waals surface area contributed by atoms with Crippen LogP contribution in [0.25, 0.3) is 0 Å². The molecular formula is C48H89BrO8. The molecule has 0 aliphatic carbocycles. The van der Waals surface area contributed by atoms with Crippen molar-refractivity contribution in [1.82, 2.24) is 0 Å². The van der Waals surface area contributed by atoms with Crippen molar-refractivity contribution in [2.24, 2.45) is 17.8 Å². The van der Waals surface area contributed by atoms with Crippen molar-refractivity contribution in [3.05, 3.63) is 0 Å². The Bertz CT molecular complexity index is 847. The van der Waals surface area contributed by atoms with Gasteiger partial charge in [-0.3, -0.25) is 19.2 Å². The molecule has 0 fully saturated rings. The highest BCUT2D eigenvalue weighted by atomic mass is 79.9. The largest absolute Gasteiger partial charge is 0.465 e. The van der Waals surface area contributed by atoms with Gasteiger partial charge in [-0.05, 0) is 63.2 Å². The molecule has 8 nitrogen and oxygen atoms in total. The number of esters is 4. The molecule has 0 bridgehead atoms. The SMILES string of the molecule is CCCCCCC(CCCCCC)COC(=O)CCCCCCC(=O)OCC(CBr)COC(=O)CCCCCCC(=O)OCC(CCCCCC)CCCCCC. The lowest BCUT2D eigenvalue weighted by Gasteiger charge is -2.17. The van der Waals surface area contributed by atoms with E-state index in [4.69, 9.17) is 18.9 Å². The van der Waals surface area contributed by atoms with Gasteiger partial charge in [0, 0.05) is 36.9 Å². The number of alkyl halides is 1. The minimum Gasteiger partial charge on any atom is -0.465 e. The standard InChI is InChI=1S/C48H89BrO8/c1-5-9-13-21-29-42(30-22-14-10-6-2)38-54-45(50)33-25-17-19-27-35-47(52)56-40-44(37-49)41-57-48(53)36-28-20-18-26-34-46(51)55-39-43(31-23-15-11-7-3)32-24-16-12-8-4/h42-44H,5-41H2,1-4H3. The zero-order chi connectivity index (χ0) is 42.0. The molecule has 0 radical (unpaired) electrons. The van der Waals surface area contributed by atoms with Crippen LogP contribution in [-0.2, 0) is 38.1 Å². The second-order valence-corrected chi connectivity index (χ2v) is 17.4.